The Labute approximate surface area is 166 Å². The zero-order valence-electron chi connectivity index (χ0n) is 15.0. The molecule has 3 heterocycles. The maximum Gasteiger partial charge on any atom is 0.227 e. The van der Waals surface area contributed by atoms with Crippen LogP contribution in [0.2, 0.25) is 0 Å². The first-order chi connectivity index (χ1) is 13.8. The van der Waals surface area contributed by atoms with E-state index in [0.717, 1.165) is 16.1 Å². The number of hydrogen-bond acceptors (Lipinski definition) is 6. The molecule has 1 aromatic carbocycles. The van der Waals surface area contributed by atoms with Crippen molar-refractivity contribution in [1.82, 2.24) is 20.4 Å². The molecule has 0 spiro atoms. The molecule has 0 saturated carbocycles. The fraction of sp³-hybridized carbons (Fsp3) is 0.143. The van der Waals surface area contributed by atoms with E-state index in [4.69, 9.17) is 4.52 Å². The van der Waals surface area contributed by atoms with Gasteiger partial charge in [0.2, 0.25) is 17.6 Å². The molecule has 28 heavy (non-hydrogen) atoms. The van der Waals surface area contributed by atoms with E-state index in [0.29, 0.717) is 18.1 Å². The van der Waals surface area contributed by atoms with Crippen molar-refractivity contribution in [3.05, 3.63) is 89.4 Å². The minimum atomic E-state index is -0.306. The number of amides is 1. The number of benzene rings is 1. The second-order valence-electron chi connectivity index (χ2n) is 6.15. The lowest BCUT2D eigenvalue weighted by molar-refractivity contribution is -0.121. The first-order valence-electron chi connectivity index (χ1n) is 8.91. The van der Waals surface area contributed by atoms with Crippen LogP contribution >= 0.6 is 11.3 Å². The van der Waals surface area contributed by atoms with Gasteiger partial charge in [0.15, 0.2) is 0 Å². The van der Waals surface area contributed by atoms with Crippen molar-refractivity contribution < 1.29 is 9.32 Å². The summed E-state index contributed by atoms with van der Waals surface area (Å²) in [6, 6.07) is 19.0. The van der Waals surface area contributed by atoms with Gasteiger partial charge in [-0.05, 0) is 29.1 Å². The van der Waals surface area contributed by atoms with Gasteiger partial charge in [-0.1, -0.05) is 47.6 Å². The van der Waals surface area contributed by atoms with Crippen LogP contribution in [0.5, 0.6) is 0 Å². The molecule has 0 saturated heterocycles. The van der Waals surface area contributed by atoms with Crippen LogP contribution in [0.15, 0.2) is 76.8 Å². The summed E-state index contributed by atoms with van der Waals surface area (Å²) in [5.74, 6) is 0.907. The molecule has 1 atom stereocenters. The minimum Gasteiger partial charge on any atom is -0.344 e. The number of hydrogen-bond donors (Lipinski definition) is 1. The molecule has 0 aliphatic heterocycles. The van der Waals surface area contributed by atoms with E-state index in [1.807, 2.05) is 66.0 Å². The molecule has 0 bridgehead atoms. The standard InChI is InChI=1S/C21H18N4O2S/c26-18(11-12-19-24-21(25-27-19)17-10-6-14-28-17)23-20(15-7-2-1-3-8-15)16-9-4-5-13-22-16/h1-10,13-14,20H,11-12H2,(H,23,26). The van der Waals surface area contributed by atoms with Crippen LogP contribution in [0.3, 0.4) is 0 Å². The summed E-state index contributed by atoms with van der Waals surface area (Å²) < 4.78 is 5.27. The summed E-state index contributed by atoms with van der Waals surface area (Å²) >= 11 is 1.55. The zero-order valence-corrected chi connectivity index (χ0v) is 15.8. The average molecular weight is 390 g/mol. The average Bonchev–Trinajstić information content (AvgIpc) is 3.43. The third-order valence-corrected chi connectivity index (χ3v) is 5.06. The van der Waals surface area contributed by atoms with Crippen molar-refractivity contribution in [2.24, 2.45) is 0 Å². The normalized spacial score (nSPS) is 11.9. The molecule has 0 aliphatic rings. The van der Waals surface area contributed by atoms with Gasteiger partial charge in [0, 0.05) is 19.0 Å². The Kier molecular flexibility index (Phi) is 5.53. The molecule has 6 nitrogen and oxygen atoms in total. The van der Waals surface area contributed by atoms with Crippen molar-refractivity contribution in [2.45, 2.75) is 18.9 Å². The van der Waals surface area contributed by atoms with Gasteiger partial charge in [-0.2, -0.15) is 4.98 Å². The Bertz CT molecular complexity index is 978. The maximum atomic E-state index is 12.6. The SMILES string of the molecule is O=C(CCc1nc(-c2cccs2)no1)NC(c1ccccc1)c1ccccn1. The number of aryl methyl sites for hydroxylation is 1. The molecule has 1 amide bonds. The van der Waals surface area contributed by atoms with Crippen LogP contribution in [-0.2, 0) is 11.2 Å². The third kappa shape index (κ3) is 4.32. The lowest BCUT2D eigenvalue weighted by Gasteiger charge is -2.18. The predicted octanol–water partition coefficient (Wildman–Crippen LogP) is 4.03. The number of rotatable bonds is 7. The van der Waals surface area contributed by atoms with Crippen molar-refractivity contribution in [2.75, 3.05) is 0 Å². The van der Waals surface area contributed by atoms with E-state index in [-0.39, 0.29) is 18.4 Å². The van der Waals surface area contributed by atoms with Crippen LogP contribution in [0.4, 0.5) is 0 Å². The smallest absolute Gasteiger partial charge is 0.227 e. The van der Waals surface area contributed by atoms with Crippen molar-refractivity contribution in [3.8, 4) is 10.7 Å². The second kappa shape index (κ2) is 8.58. The number of thiophene rings is 1. The van der Waals surface area contributed by atoms with Crippen LogP contribution in [0.25, 0.3) is 10.7 Å². The largest absolute Gasteiger partial charge is 0.344 e. The quantitative estimate of drug-likeness (QED) is 0.515. The molecular formula is C21H18N4O2S. The Morgan fingerprint density at radius 1 is 1.07 bits per heavy atom. The fourth-order valence-electron chi connectivity index (χ4n) is 2.84. The van der Waals surface area contributed by atoms with Crippen LogP contribution in [0.1, 0.15) is 29.6 Å². The lowest BCUT2D eigenvalue weighted by atomic mass is 10.0. The summed E-state index contributed by atoms with van der Waals surface area (Å²) in [6.07, 6.45) is 2.36. The van der Waals surface area contributed by atoms with Gasteiger partial charge in [-0.3, -0.25) is 9.78 Å². The summed E-state index contributed by atoms with van der Waals surface area (Å²) in [5.41, 5.74) is 1.77. The molecule has 0 radical (unpaired) electrons. The number of nitrogens with zero attached hydrogens (tertiary/aromatic N) is 3. The van der Waals surface area contributed by atoms with E-state index in [1.165, 1.54) is 0 Å². The van der Waals surface area contributed by atoms with E-state index < -0.39 is 0 Å². The second-order valence-corrected chi connectivity index (χ2v) is 7.10. The monoisotopic (exact) mass is 390 g/mol. The minimum absolute atomic E-state index is 0.102. The van der Waals surface area contributed by atoms with Gasteiger partial charge in [0.05, 0.1) is 16.6 Å². The third-order valence-electron chi connectivity index (χ3n) is 4.20. The highest BCUT2D eigenvalue weighted by Gasteiger charge is 2.18. The first kappa shape index (κ1) is 18.1. The zero-order chi connectivity index (χ0) is 19.2. The summed E-state index contributed by atoms with van der Waals surface area (Å²) in [4.78, 5) is 22.3. The van der Waals surface area contributed by atoms with Gasteiger partial charge in [-0.25, -0.2) is 0 Å². The van der Waals surface area contributed by atoms with Gasteiger partial charge in [-0.15, -0.1) is 11.3 Å². The topological polar surface area (TPSA) is 80.9 Å². The van der Waals surface area contributed by atoms with Crippen molar-refractivity contribution in [1.29, 1.82) is 0 Å². The maximum absolute atomic E-state index is 12.6. The van der Waals surface area contributed by atoms with Crippen LogP contribution in [0, 0.1) is 0 Å². The number of pyridine rings is 1. The van der Waals surface area contributed by atoms with Crippen molar-refractivity contribution >= 4 is 17.2 Å². The van der Waals surface area contributed by atoms with Gasteiger partial charge in [0.25, 0.3) is 0 Å². The van der Waals surface area contributed by atoms with Crippen LogP contribution < -0.4 is 5.32 Å². The summed E-state index contributed by atoms with van der Waals surface area (Å²) in [7, 11) is 0. The van der Waals surface area contributed by atoms with Crippen molar-refractivity contribution in [3.63, 3.8) is 0 Å². The molecular weight excluding hydrogens is 372 g/mol. The lowest BCUT2D eigenvalue weighted by Crippen LogP contribution is -2.30. The predicted molar refractivity (Wildman–Crippen MR) is 107 cm³/mol. The number of carbonyl (C=O) groups excluding carboxylic acids is 1. The van der Waals surface area contributed by atoms with Gasteiger partial charge < -0.3 is 9.84 Å². The highest BCUT2D eigenvalue weighted by atomic mass is 32.1. The van der Waals surface area contributed by atoms with E-state index in [2.05, 4.69) is 20.4 Å². The fourth-order valence-corrected chi connectivity index (χ4v) is 3.49. The Morgan fingerprint density at radius 3 is 2.68 bits per heavy atom. The Morgan fingerprint density at radius 2 is 1.93 bits per heavy atom. The molecule has 140 valence electrons. The highest BCUT2D eigenvalue weighted by molar-refractivity contribution is 7.13. The molecule has 4 aromatic rings. The molecule has 0 fully saturated rings. The first-order valence-corrected chi connectivity index (χ1v) is 9.79. The number of aromatic nitrogens is 3. The Balaban J connectivity index is 1.42. The molecule has 1 unspecified atom stereocenters. The number of carbonyl (C=O) groups is 1. The van der Waals surface area contributed by atoms with Gasteiger partial charge in [0.1, 0.15) is 0 Å². The summed E-state index contributed by atoms with van der Waals surface area (Å²) in [6.45, 7) is 0. The van der Waals surface area contributed by atoms with E-state index >= 15 is 0 Å². The molecule has 0 aliphatic carbocycles. The highest BCUT2D eigenvalue weighted by Crippen LogP contribution is 2.22. The molecule has 4 rings (SSSR count). The molecule has 3 aromatic heterocycles. The summed E-state index contributed by atoms with van der Waals surface area (Å²) in [5, 5.41) is 9.00. The van der Waals surface area contributed by atoms with Gasteiger partial charge >= 0.3 is 0 Å². The molecule has 7 heteroatoms. The van der Waals surface area contributed by atoms with E-state index in [1.54, 1.807) is 17.5 Å². The molecule has 1 N–H and O–H groups in total. The van der Waals surface area contributed by atoms with Crippen LogP contribution in [-0.4, -0.2) is 21.0 Å². The Hall–Kier alpha value is -3.32. The number of nitrogens with one attached hydrogen (secondary N) is 1. The van der Waals surface area contributed by atoms with E-state index in [9.17, 15) is 4.79 Å².